The van der Waals surface area contributed by atoms with Crippen molar-refractivity contribution >= 4 is 11.8 Å². The topological polar surface area (TPSA) is 85.5 Å². The Hall–Kier alpha value is -3.33. The fourth-order valence-corrected chi connectivity index (χ4v) is 2.78. The van der Waals surface area contributed by atoms with Crippen molar-refractivity contribution in [3.63, 3.8) is 0 Å². The molecule has 0 bridgehead atoms. The molecule has 3 rings (SSSR count). The molecule has 0 aliphatic carbocycles. The van der Waals surface area contributed by atoms with Crippen molar-refractivity contribution in [3.05, 3.63) is 47.7 Å². The summed E-state index contributed by atoms with van der Waals surface area (Å²) in [5.41, 5.74) is 7.60. The summed E-state index contributed by atoms with van der Waals surface area (Å²) in [7, 11) is 3.30. The van der Waals surface area contributed by atoms with Crippen LogP contribution in [-0.4, -0.2) is 42.4 Å². The van der Waals surface area contributed by atoms with Gasteiger partial charge in [-0.25, -0.2) is 4.98 Å². The first-order valence-corrected chi connectivity index (χ1v) is 8.21. The van der Waals surface area contributed by atoms with E-state index in [1.807, 2.05) is 24.3 Å². The van der Waals surface area contributed by atoms with Crippen molar-refractivity contribution < 1.29 is 14.3 Å². The molecule has 1 aromatic carbocycles. The van der Waals surface area contributed by atoms with Gasteiger partial charge in [0.25, 0.3) is 5.91 Å². The van der Waals surface area contributed by atoms with E-state index in [9.17, 15) is 9.59 Å². The fraction of sp³-hybridized carbons (Fsp3) is 0.250. The minimum Gasteiger partial charge on any atom is -0.497 e. The van der Waals surface area contributed by atoms with Crippen molar-refractivity contribution in [2.75, 3.05) is 20.7 Å². The summed E-state index contributed by atoms with van der Waals surface area (Å²) in [5.74, 6) is 5.81. The van der Waals surface area contributed by atoms with Crippen molar-refractivity contribution in [1.29, 1.82) is 0 Å². The minimum atomic E-state index is -0.620. The largest absolute Gasteiger partial charge is 0.497 e. The lowest BCUT2D eigenvalue weighted by Crippen LogP contribution is -2.21. The van der Waals surface area contributed by atoms with E-state index in [1.54, 1.807) is 18.0 Å². The van der Waals surface area contributed by atoms with Gasteiger partial charge < -0.3 is 15.4 Å². The number of hydrogen-bond donors (Lipinski definition) is 1. The summed E-state index contributed by atoms with van der Waals surface area (Å²) < 4.78 is 5.22. The zero-order valence-electron chi connectivity index (χ0n) is 14.7. The lowest BCUT2D eigenvalue weighted by Gasteiger charge is -2.07. The molecule has 1 atom stereocenters. The van der Waals surface area contributed by atoms with Crippen LogP contribution in [0.3, 0.4) is 0 Å². The Morgan fingerprint density at radius 2 is 2.15 bits per heavy atom. The molecule has 6 heteroatoms. The van der Waals surface area contributed by atoms with E-state index < -0.39 is 5.91 Å². The summed E-state index contributed by atoms with van der Waals surface area (Å²) in [6.45, 7) is 0.738. The number of rotatable bonds is 3. The molecule has 1 fully saturated rings. The Bertz CT molecular complexity index is 927. The molecule has 1 aliphatic heterocycles. The number of carbonyl (C=O) groups is 2. The molecule has 1 aliphatic rings. The number of amides is 2. The molecule has 1 aromatic heterocycles. The SMILES string of the molecule is COc1cc(C(N)=O)nc(-c2cccc(C#C[C@@H]3CCN(C)C3=O)c2)c1. The molecule has 0 saturated carbocycles. The summed E-state index contributed by atoms with van der Waals surface area (Å²) in [6.07, 6.45) is 0.751. The predicted octanol–water partition coefficient (Wildman–Crippen LogP) is 1.69. The molecular weight excluding hydrogens is 330 g/mol. The van der Waals surface area contributed by atoms with Crippen LogP contribution < -0.4 is 10.5 Å². The van der Waals surface area contributed by atoms with Crippen LogP contribution in [0.25, 0.3) is 11.3 Å². The first kappa shape index (κ1) is 17.5. The zero-order valence-corrected chi connectivity index (χ0v) is 14.7. The quantitative estimate of drug-likeness (QED) is 0.855. The molecule has 26 heavy (non-hydrogen) atoms. The summed E-state index contributed by atoms with van der Waals surface area (Å²) in [6, 6.07) is 10.7. The third-order valence-corrected chi connectivity index (χ3v) is 4.26. The van der Waals surface area contributed by atoms with E-state index >= 15 is 0 Å². The van der Waals surface area contributed by atoms with Gasteiger partial charge in [-0.2, -0.15) is 0 Å². The minimum absolute atomic E-state index is 0.0641. The predicted molar refractivity (Wildman–Crippen MR) is 97.4 cm³/mol. The van der Waals surface area contributed by atoms with Gasteiger partial charge in [0.1, 0.15) is 17.4 Å². The maximum absolute atomic E-state index is 11.9. The van der Waals surface area contributed by atoms with Crippen molar-refractivity contribution in [3.8, 4) is 28.8 Å². The van der Waals surface area contributed by atoms with Crippen LogP contribution in [0.1, 0.15) is 22.5 Å². The molecule has 0 radical (unpaired) electrons. The Balaban J connectivity index is 1.92. The monoisotopic (exact) mass is 349 g/mol. The molecule has 2 aromatic rings. The normalized spacial score (nSPS) is 16.2. The number of nitrogens with two attached hydrogens (primary N) is 1. The van der Waals surface area contributed by atoms with Gasteiger partial charge in [-0.1, -0.05) is 24.0 Å². The maximum atomic E-state index is 11.9. The molecular formula is C20H19N3O3. The third kappa shape index (κ3) is 3.67. The summed E-state index contributed by atoms with van der Waals surface area (Å²) in [4.78, 5) is 29.4. The average molecular weight is 349 g/mol. The van der Waals surface area contributed by atoms with Gasteiger partial charge in [0.15, 0.2) is 0 Å². The van der Waals surface area contributed by atoms with Crippen LogP contribution in [-0.2, 0) is 4.79 Å². The summed E-state index contributed by atoms with van der Waals surface area (Å²) >= 11 is 0. The van der Waals surface area contributed by atoms with Gasteiger partial charge in [0.05, 0.1) is 12.8 Å². The Morgan fingerprint density at radius 3 is 2.81 bits per heavy atom. The van der Waals surface area contributed by atoms with Crippen LogP contribution in [0.4, 0.5) is 0 Å². The van der Waals surface area contributed by atoms with Crippen LogP contribution >= 0.6 is 0 Å². The Kier molecular flexibility index (Phi) is 4.90. The van der Waals surface area contributed by atoms with Crippen LogP contribution in [0.15, 0.2) is 36.4 Å². The van der Waals surface area contributed by atoms with Crippen molar-refractivity contribution in [2.45, 2.75) is 6.42 Å². The van der Waals surface area contributed by atoms with E-state index in [2.05, 4.69) is 16.8 Å². The fourth-order valence-electron chi connectivity index (χ4n) is 2.78. The van der Waals surface area contributed by atoms with E-state index in [4.69, 9.17) is 10.5 Å². The number of ether oxygens (including phenoxy) is 1. The molecule has 0 spiro atoms. The highest BCUT2D eigenvalue weighted by Crippen LogP contribution is 2.24. The van der Waals surface area contributed by atoms with Gasteiger partial charge in [0.2, 0.25) is 5.91 Å². The van der Waals surface area contributed by atoms with E-state index in [-0.39, 0.29) is 17.5 Å². The first-order valence-electron chi connectivity index (χ1n) is 8.21. The molecule has 132 valence electrons. The lowest BCUT2D eigenvalue weighted by molar-refractivity contribution is -0.128. The molecule has 2 N–H and O–H groups in total. The second-order valence-corrected chi connectivity index (χ2v) is 6.09. The highest BCUT2D eigenvalue weighted by atomic mass is 16.5. The smallest absolute Gasteiger partial charge is 0.267 e. The highest BCUT2D eigenvalue weighted by Gasteiger charge is 2.27. The summed E-state index contributed by atoms with van der Waals surface area (Å²) in [5, 5.41) is 0. The Labute approximate surface area is 152 Å². The molecule has 6 nitrogen and oxygen atoms in total. The second kappa shape index (κ2) is 7.28. The van der Waals surface area contributed by atoms with Crippen molar-refractivity contribution in [1.82, 2.24) is 9.88 Å². The second-order valence-electron chi connectivity index (χ2n) is 6.09. The highest BCUT2D eigenvalue weighted by molar-refractivity contribution is 5.92. The molecule has 2 heterocycles. The van der Waals surface area contributed by atoms with Gasteiger partial charge in [-0.3, -0.25) is 9.59 Å². The van der Waals surface area contributed by atoms with Gasteiger partial charge in [-0.05, 0) is 18.6 Å². The van der Waals surface area contributed by atoms with E-state index in [1.165, 1.54) is 13.2 Å². The van der Waals surface area contributed by atoms with Crippen LogP contribution in [0, 0.1) is 17.8 Å². The lowest BCUT2D eigenvalue weighted by atomic mass is 10.1. The zero-order chi connectivity index (χ0) is 18.7. The number of likely N-dealkylation sites (tertiary alicyclic amines) is 1. The Morgan fingerprint density at radius 1 is 1.35 bits per heavy atom. The number of methoxy groups -OCH3 is 1. The third-order valence-electron chi connectivity index (χ3n) is 4.26. The van der Waals surface area contributed by atoms with E-state index in [0.29, 0.717) is 11.4 Å². The van der Waals surface area contributed by atoms with Gasteiger partial charge >= 0.3 is 0 Å². The number of nitrogens with zero attached hydrogens (tertiary/aromatic N) is 2. The number of aromatic nitrogens is 1. The number of benzene rings is 1. The van der Waals surface area contributed by atoms with Crippen LogP contribution in [0.2, 0.25) is 0 Å². The number of hydrogen-bond acceptors (Lipinski definition) is 4. The number of pyridine rings is 1. The molecule has 0 unspecified atom stereocenters. The van der Waals surface area contributed by atoms with Crippen molar-refractivity contribution in [2.24, 2.45) is 11.7 Å². The first-order chi connectivity index (χ1) is 12.5. The number of carbonyl (C=O) groups excluding carboxylic acids is 2. The van der Waals surface area contributed by atoms with Gasteiger partial charge in [0, 0.05) is 36.9 Å². The molecule has 2 amide bonds. The maximum Gasteiger partial charge on any atom is 0.267 e. The standard InChI is InChI=1S/C20H19N3O3/c1-23-9-8-14(20(23)25)7-6-13-4-3-5-15(10-13)17-11-16(26-2)12-18(22-17)19(21)24/h3-5,10-12,14H,8-9H2,1-2H3,(H2,21,24)/t14-/m1/s1. The molecule has 1 saturated heterocycles. The van der Waals surface area contributed by atoms with Gasteiger partial charge in [-0.15, -0.1) is 0 Å². The van der Waals surface area contributed by atoms with Crippen LogP contribution in [0.5, 0.6) is 5.75 Å². The van der Waals surface area contributed by atoms with E-state index in [0.717, 1.165) is 24.1 Å². The number of primary amides is 1. The average Bonchev–Trinajstić information content (AvgIpc) is 2.98.